The van der Waals surface area contributed by atoms with Crippen LogP contribution in [0.3, 0.4) is 0 Å². The highest BCUT2D eigenvalue weighted by Crippen LogP contribution is 2.34. The average molecular weight is 441 g/mol. The number of rotatable bonds is 4. The second-order valence-electron chi connectivity index (χ2n) is 8.55. The van der Waals surface area contributed by atoms with Gasteiger partial charge in [-0.05, 0) is 56.1 Å². The SMILES string of the molecule is Cc1cc(C)c2oc(Nc3ccc(-c4nn(C5CCNC5)c5ncnc(N)c45)cc3)nc2c1. The molecular formula is C24H24N8O. The Bertz CT molecular complexity index is 1480. The Labute approximate surface area is 190 Å². The van der Waals surface area contributed by atoms with E-state index in [1.807, 2.05) is 41.9 Å². The molecule has 3 aromatic heterocycles. The Balaban J connectivity index is 1.34. The van der Waals surface area contributed by atoms with E-state index in [1.54, 1.807) is 0 Å². The van der Waals surface area contributed by atoms with E-state index >= 15 is 0 Å². The van der Waals surface area contributed by atoms with Crippen molar-refractivity contribution in [3.05, 3.63) is 53.9 Å². The van der Waals surface area contributed by atoms with Crippen LogP contribution in [0.25, 0.3) is 33.4 Å². The highest BCUT2D eigenvalue weighted by Gasteiger charge is 2.24. The van der Waals surface area contributed by atoms with Gasteiger partial charge >= 0.3 is 0 Å². The van der Waals surface area contributed by atoms with Gasteiger partial charge in [0.2, 0.25) is 0 Å². The van der Waals surface area contributed by atoms with E-state index in [4.69, 9.17) is 15.2 Å². The molecule has 0 bridgehead atoms. The van der Waals surface area contributed by atoms with Crippen LogP contribution in [0.1, 0.15) is 23.6 Å². The van der Waals surface area contributed by atoms with Crippen molar-refractivity contribution in [1.82, 2.24) is 30.0 Å². The zero-order valence-corrected chi connectivity index (χ0v) is 18.5. The zero-order valence-electron chi connectivity index (χ0n) is 18.5. The lowest BCUT2D eigenvalue weighted by Crippen LogP contribution is -2.15. The minimum atomic E-state index is 0.253. The Morgan fingerprint density at radius 2 is 2.00 bits per heavy atom. The quantitative estimate of drug-likeness (QED) is 0.382. The summed E-state index contributed by atoms with van der Waals surface area (Å²) >= 11 is 0. The summed E-state index contributed by atoms with van der Waals surface area (Å²) in [5, 5.41) is 12.3. The molecule has 1 atom stereocenters. The predicted molar refractivity (Wildman–Crippen MR) is 128 cm³/mol. The first kappa shape index (κ1) is 19.7. The Hall–Kier alpha value is -3.98. The van der Waals surface area contributed by atoms with Gasteiger partial charge in [0.25, 0.3) is 6.01 Å². The van der Waals surface area contributed by atoms with E-state index in [0.717, 1.165) is 69.7 Å². The van der Waals surface area contributed by atoms with Crippen LogP contribution in [0.15, 0.2) is 47.1 Å². The number of hydrogen-bond donors (Lipinski definition) is 3. The molecule has 0 aliphatic carbocycles. The predicted octanol–water partition coefficient (Wildman–Crippen LogP) is 4.11. The molecule has 0 amide bonds. The first-order valence-electron chi connectivity index (χ1n) is 11.0. The van der Waals surface area contributed by atoms with Crippen LogP contribution < -0.4 is 16.4 Å². The number of benzene rings is 2. The van der Waals surface area contributed by atoms with E-state index in [-0.39, 0.29) is 6.04 Å². The molecule has 6 rings (SSSR count). The molecule has 9 nitrogen and oxygen atoms in total. The number of aromatic nitrogens is 5. The molecular weight excluding hydrogens is 416 g/mol. The summed E-state index contributed by atoms with van der Waals surface area (Å²) in [6.45, 7) is 5.92. The number of nitrogen functional groups attached to an aromatic ring is 1. The molecule has 9 heteroatoms. The van der Waals surface area contributed by atoms with Gasteiger partial charge < -0.3 is 20.8 Å². The average Bonchev–Trinajstić information content (AvgIpc) is 3.53. The standard InChI is InChI=1S/C24H24N8O/c1-13-9-14(2)21-18(10-13)30-24(33-21)29-16-5-3-15(4-6-16)20-19-22(25)27-12-28-23(19)32(31-20)17-7-8-26-11-17/h3-6,9-10,12,17,26H,7-8,11H2,1-2H3,(H,29,30)(H2,25,27,28). The van der Waals surface area contributed by atoms with Crippen LogP contribution in [0.5, 0.6) is 0 Å². The van der Waals surface area contributed by atoms with Crippen LogP contribution in [-0.2, 0) is 0 Å². The van der Waals surface area contributed by atoms with Gasteiger partial charge in [-0.25, -0.2) is 14.6 Å². The number of anilines is 3. The number of aryl methyl sites for hydroxylation is 2. The summed E-state index contributed by atoms with van der Waals surface area (Å²) in [6, 6.07) is 12.8. The summed E-state index contributed by atoms with van der Waals surface area (Å²) in [4.78, 5) is 13.3. The van der Waals surface area contributed by atoms with Crippen LogP contribution in [0.2, 0.25) is 0 Å². The third-order valence-electron chi connectivity index (χ3n) is 6.13. The molecule has 166 valence electrons. The molecule has 4 heterocycles. The lowest BCUT2D eigenvalue weighted by molar-refractivity contribution is 0.504. The number of nitrogens with one attached hydrogen (secondary N) is 2. The van der Waals surface area contributed by atoms with E-state index in [0.29, 0.717) is 11.8 Å². The Morgan fingerprint density at radius 1 is 1.15 bits per heavy atom. The molecule has 1 aliphatic rings. The van der Waals surface area contributed by atoms with Gasteiger partial charge in [-0.15, -0.1) is 0 Å². The second-order valence-corrected chi connectivity index (χ2v) is 8.55. The minimum absolute atomic E-state index is 0.253. The molecule has 1 aliphatic heterocycles. The fourth-order valence-corrected chi connectivity index (χ4v) is 4.57. The van der Waals surface area contributed by atoms with Crippen molar-refractivity contribution in [1.29, 1.82) is 0 Å². The highest BCUT2D eigenvalue weighted by atomic mass is 16.4. The highest BCUT2D eigenvalue weighted by molar-refractivity contribution is 5.98. The first-order valence-corrected chi connectivity index (χ1v) is 11.0. The molecule has 1 unspecified atom stereocenters. The molecule has 1 saturated heterocycles. The summed E-state index contributed by atoms with van der Waals surface area (Å²) in [5.41, 5.74) is 13.5. The van der Waals surface area contributed by atoms with Crippen molar-refractivity contribution in [3.63, 3.8) is 0 Å². The third-order valence-corrected chi connectivity index (χ3v) is 6.13. The Kier molecular flexibility index (Phi) is 4.51. The van der Waals surface area contributed by atoms with Gasteiger partial charge in [0.15, 0.2) is 11.2 Å². The summed E-state index contributed by atoms with van der Waals surface area (Å²) in [7, 11) is 0. The maximum atomic E-state index is 6.25. The van der Waals surface area contributed by atoms with Gasteiger partial charge in [-0.3, -0.25) is 0 Å². The number of nitrogens with two attached hydrogens (primary N) is 1. The van der Waals surface area contributed by atoms with Gasteiger partial charge in [-0.2, -0.15) is 10.1 Å². The number of nitrogens with zero attached hydrogens (tertiary/aromatic N) is 5. The molecule has 33 heavy (non-hydrogen) atoms. The van der Waals surface area contributed by atoms with Gasteiger partial charge in [0.05, 0.1) is 11.4 Å². The van der Waals surface area contributed by atoms with E-state index in [2.05, 4.69) is 38.6 Å². The van der Waals surface area contributed by atoms with Crippen LogP contribution in [-0.4, -0.2) is 37.8 Å². The Morgan fingerprint density at radius 3 is 2.79 bits per heavy atom. The number of oxazole rings is 1. The van der Waals surface area contributed by atoms with Crippen molar-refractivity contribution in [2.45, 2.75) is 26.3 Å². The lowest BCUT2D eigenvalue weighted by atomic mass is 10.1. The number of fused-ring (bicyclic) bond motifs is 2. The fourth-order valence-electron chi connectivity index (χ4n) is 4.57. The monoisotopic (exact) mass is 440 g/mol. The largest absolute Gasteiger partial charge is 0.423 e. The van der Waals surface area contributed by atoms with Crippen LogP contribution in [0, 0.1) is 13.8 Å². The molecule has 0 saturated carbocycles. The van der Waals surface area contributed by atoms with Crippen molar-refractivity contribution >= 4 is 39.7 Å². The smallest absolute Gasteiger partial charge is 0.300 e. The van der Waals surface area contributed by atoms with Crippen molar-refractivity contribution in [2.75, 3.05) is 24.1 Å². The van der Waals surface area contributed by atoms with E-state index < -0.39 is 0 Å². The molecule has 5 aromatic rings. The van der Waals surface area contributed by atoms with Crippen molar-refractivity contribution in [2.24, 2.45) is 0 Å². The number of hydrogen-bond acceptors (Lipinski definition) is 8. The lowest BCUT2D eigenvalue weighted by Gasteiger charge is -2.09. The molecule has 2 aromatic carbocycles. The second kappa shape index (κ2) is 7.56. The fraction of sp³-hybridized carbons (Fsp3) is 0.250. The minimum Gasteiger partial charge on any atom is -0.423 e. The summed E-state index contributed by atoms with van der Waals surface area (Å²) in [5.74, 6) is 0.437. The van der Waals surface area contributed by atoms with Crippen LogP contribution >= 0.6 is 0 Å². The molecule has 0 spiro atoms. The van der Waals surface area contributed by atoms with Gasteiger partial charge in [0, 0.05) is 17.8 Å². The molecule has 1 fully saturated rings. The summed E-state index contributed by atoms with van der Waals surface area (Å²) in [6.07, 6.45) is 2.51. The van der Waals surface area contributed by atoms with E-state index in [1.165, 1.54) is 6.33 Å². The topological polar surface area (TPSA) is 120 Å². The third kappa shape index (κ3) is 3.37. The summed E-state index contributed by atoms with van der Waals surface area (Å²) < 4.78 is 7.91. The van der Waals surface area contributed by atoms with Gasteiger partial charge in [0.1, 0.15) is 23.4 Å². The first-order chi connectivity index (χ1) is 16.1. The maximum Gasteiger partial charge on any atom is 0.300 e. The van der Waals surface area contributed by atoms with Crippen molar-refractivity contribution < 1.29 is 4.42 Å². The van der Waals surface area contributed by atoms with Crippen LogP contribution in [0.4, 0.5) is 17.5 Å². The normalized spacial score (nSPS) is 16.1. The van der Waals surface area contributed by atoms with Gasteiger partial charge in [-0.1, -0.05) is 18.2 Å². The zero-order chi connectivity index (χ0) is 22.5. The molecule has 0 radical (unpaired) electrons. The maximum absolute atomic E-state index is 6.25. The molecule has 4 N–H and O–H groups in total. The van der Waals surface area contributed by atoms with E-state index in [9.17, 15) is 0 Å². The van der Waals surface area contributed by atoms with Crippen molar-refractivity contribution in [3.8, 4) is 11.3 Å².